The lowest BCUT2D eigenvalue weighted by Gasteiger charge is -2.12. The smallest absolute Gasteiger partial charge is 0.308 e. The second kappa shape index (κ2) is 6.03. The molecule has 0 aromatic carbocycles. The molecule has 0 spiro atoms. The summed E-state index contributed by atoms with van der Waals surface area (Å²) >= 11 is 0. The SMILES string of the molecule is CC(=O)OC(C)O/N=[N+](/[O-])N1CCC(C(=O)O)C1. The van der Waals surface area contributed by atoms with E-state index in [2.05, 4.69) is 14.9 Å². The zero-order valence-corrected chi connectivity index (χ0v) is 10.1. The number of aliphatic carboxylic acids is 1. The number of carbonyl (C=O) groups excluding carboxylic acids is 1. The highest BCUT2D eigenvalue weighted by molar-refractivity contribution is 5.70. The van der Waals surface area contributed by atoms with Gasteiger partial charge in [0.25, 0.3) is 6.29 Å². The Kier molecular flexibility index (Phi) is 4.69. The van der Waals surface area contributed by atoms with Gasteiger partial charge in [-0.05, 0) is 6.42 Å². The predicted octanol–water partition coefficient (Wildman–Crippen LogP) is 0.111. The van der Waals surface area contributed by atoms with Crippen molar-refractivity contribution in [1.82, 2.24) is 5.01 Å². The van der Waals surface area contributed by atoms with Crippen LogP contribution in [0.15, 0.2) is 5.28 Å². The monoisotopic (exact) mass is 261 g/mol. The Labute approximate surface area is 103 Å². The Bertz CT molecular complexity index is 358. The van der Waals surface area contributed by atoms with E-state index < -0.39 is 24.1 Å². The minimum Gasteiger partial charge on any atom is -0.569 e. The van der Waals surface area contributed by atoms with Gasteiger partial charge >= 0.3 is 11.9 Å². The third-order valence-corrected chi connectivity index (χ3v) is 2.36. The zero-order valence-electron chi connectivity index (χ0n) is 10.1. The largest absolute Gasteiger partial charge is 0.569 e. The van der Waals surface area contributed by atoms with Gasteiger partial charge in [-0.1, -0.05) is 0 Å². The van der Waals surface area contributed by atoms with Crippen LogP contribution in [0, 0.1) is 11.1 Å². The maximum atomic E-state index is 11.4. The number of hydrazine groups is 1. The van der Waals surface area contributed by atoms with E-state index in [9.17, 15) is 14.8 Å². The van der Waals surface area contributed by atoms with E-state index in [1.807, 2.05) is 0 Å². The minimum absolute atomic E-state index is 0.0770. The van der Waals surface area contributed by atoms with Crippen molar-refractivity contribution in [3.8, 4) is 0 Å². The molecule has 1 heterocycles. The van der Waals surface area contributed by atoms with Crippen LogP contribution in [0.2, 0.25) is 0 Å². The lowest BCUT2D eigenvalue weighted by Crippen LogP contribution is -2.30. The van der Waals surface area contributed by atoms with Crippen LogP contribution in [0.5, 0.6) is 0 Å². The summed E-state index contributed by atoms with van der Waals surface area (Å²) in [5.41, 5.74) is 0. The molecule has 1 fully saturated rings. The number of hydrogen-bond acceptors (Lipinski definition) is 6. The van der Waals surface area contributed by atoms with Crippen LogP contribution in [-0.2, 0) is 19.2 Å². The van der Waals surface area contributed by atoms with E-state index in [0.717, 1.165) is 0 Å². The van der Waals surface area contributed by atoms with E-state index >= 15 is 0 Å². The van der Waals surface area contributed by atoms with Gasteiger partial charge in [-0.25, -0.2) is 0 Å². The Morgan fingerprint density at radius 1 is 1.61 bits per heavy atom. The summed E-state index contributed by atoms with van der Waals surface area (Å²) in [6.07, 6.45) is -0.597. The molecule has 18 heavy (non-hydrogen) atoms. The molecule has 0 bridgehead atoms. The van der Waals surface area contributed by atoms with Crippen molar-refractivity contribution in [2.24, 2.45) is 11.2 Å². The summed E-state index contributed by atoms with van der Waals surface area (Å²) in [7, 11) is 0. The van der Waals surface area contributed by atoms with Gasteiger partial charge in [0.15, 0.2) is 0 Å². The second-order valence-electron chi connectivity index (χ2n) is 3.85. The van der Waals surface area contributed by atoms with E-state index in [1.54, 1.807) is 0 Å². The van der Waals surface area contributed by atoms with Gasteiger partial charge in [0.2, 0.25) is 5.28 Å². The summed E-state index contributed by atoms with van der Waals surface area (Å²) in [4.78, 5) is 26.1. The first-order valence-electron chi connectivity index (χ1n) is 5.39. The lowest BCUT2D eigenvalue weighted by molar-refractivity contribution is -0.709. The number of nitrogens with zero attached hydrogens (tertiary/aromatic N) is 3. The van der Waals surface area contributed by atoms with E-state index in [0.29, 0.717) is 6.42 Å². The van der Waals surface area contributed by atoms with Crippen molar-refractivity contribution in [2.45, 2.75) is 26.6 Å². The first kappa shape index (κ1) is 14.0. The van der Waals surface area contributed by atoms with Crippen molar-refractivity contribution < 1.29 is 29.2 Å². The van der Waals surface area contributed by atoms with Crippen LogP contribution in [0.4, 0.5) is 0 Å². The topological polar surface area (TPSA) is 114 Å². The van der Waals surface area contributed by atoms with Crippen LogP contribution in [0.1, 0.15) is 20.3 Å². The molecule has 0 radical (unpaired) electrons. The van der Waals surface area contributed by atoms with Crippen LogP contribution in [0.25, 0.3) is 0 Å². The molecule has 102 valence electrons. The predicted molar refractivity (Wildman–Crippen MR) is 55.7 cm³/mol. The lowest BCUT2D eigenvalue weighted by atomic mass is 10.1. The number of carboxylic acids is 1. The molecule has 0 aromatic heterocycles. The van der Waals surface area contributed by atoms with Gasteiger partial charge in [0.05, 0.1) is 24.0 Å². The number of esters is 1. The minimum atomic E-state index is -0.975. The van der Waals surface area contributed by atoms with E-state index in [-0.39, 0.29) is 18.1 Å². The first-order chi connectivity index (χ1) is 8.40. The van der Waals surface area contributed by atoms with Gasteiger partial charge in [0, 0.05) is 13.8 Å². The molecule has 1 N–H and O–H groups in total. The summed E-state index contributed by atoms with van der Waals surface area (Å²) in [5.74, 6) is -2.08. The quantitative estimate of drug-likeness (QED) is 0.245. The van der Waals surface area contributed by atoms with Crippen LogP contribution in [0.3, 0.4) is 0 Å². The van der Waals surface area contributed by atoms with Gasteiger partial charge in [-0.15, -0.1) is 5.01 Å². The molecule has 1 saturated heterocycles. The fourth-order valence-electron chi connectivity index (χ4n) is 1.51. The van der Waals surface area contributed by atoms with Crippen molar-refractivity contribution in [2.75, 3.05) is 13.1 Å². The van der Waals surface area contributed by atoms with Gasteiger partial charge < -0.3 is 15.1 Å². The van der Waals surface area contributed by atoms with Crippen LogP contribution >= 0.6 is 0 Å². The second-order valence-corrected chi connectivity index (χ2v) is 3.85. The van der Waals surface area contributed by atoms with E-state index in [1.165, 1.54) is 18.9 Å². The number of carbonyl (C=O) groups is 2. The normalized spacial score (nSPS) is 21.6. The fourth-order valence-corrected chi connectivity index (χ4v) is 1.51. The average Bonchev–Trinajstić information content (AvgIpc) is 2.74. The Hall–Kier alpha value is -2.06. The molecule has 9 heteroatoms. The highest BCUT2D eigenvalue weighted by Crippen LogP contribution is 2.16. The van der Waals surface area contributed by atoms with Crippen molar-refractivity contribution in [1.29, 1.82) is 0 Å². The van der Waals surface area contributed by atoms with Gasteiger partial charge in [0.1, 0.15) is 0 Å². The summed E-state index contributed by atoms with van der Waals surface area (Å²) in [6, 6.07) is 0. The number of rotatable bonds is 5. The highest BCUT2D eigenvalue weighted by atomic mass is 16.8. The molecule has 0 aromatic rings. The van der Waals surface area contributed by atoms with Crippen LogP contribution < -0.4 is 0 Å². The highest BCUT2D eigenvalue weighted by Gasteiger charge is 2.32. The van der Waals surface area contributed by atoms with Crippen molar-refractivity contribution in [3.05, 3.63) is 5.21 Å². The molecule has 2 unspecified atom stereocenters. The molecule has 0 amide bonds. The fraction of sp³-hybridized carbons (Fsp3) is 0.778. The molecular formula is C9H15N3O6. The standard InChI is InChI=1S/C9H15N3O6/c1-6(13)17-7(2)18-10-12(16)11-4-3-8(5-11)9(14)15/h7-8H,3-5H2,1-2H3,(H,14,15)/b12-10+. The van der Waals surface area contributed by atoms with E-state index in [4.69, 9.17) is 5.11 Å². The van der Waals surface area contributed by atoms with Gasteiger partial charge in [-0.2, -0.15) is 0 Å². The summed E-state index contributed by atoms with van der Waals surface area (Å²) in [6.45, 7) is 2.97. The Morgan fingerprint density at radius 2 is 2.28 bits per heavy atom. The third-order valence-electron chi connectivity index (χ3n) is 2.36. The molecular weight excluding hydrogens is 246 g/mol. The van der Waals surface area contributed by atoms with Crippen LogP contribution in [-0.4, -0.2) is 46.4 Å². The molecule has 0 aliphatic carbocycles. The maximum Gasteiger partial charge on any atom is 0.308 e. The molecule has 1 aliphatic heterocycles. The summed E-state index contributed by atoms with van der Waals surface area (Å²) in [5, 5.41) is 24.6. The van der Waals surface area contributed by atoms with Crippen molar-refractivity contribution >= 4 is 11.9 Å². The molecule has 1 aliphatic rings. The number of hydrogen-bond donors (Lipinski definition) is 1. The third kappa shape index (κ3) is 4.07. The van der Waals surface area contributed by atoms with Crippen molar-refractivity contribution in [3.63, 3.8) is 0 Å². The first-order valence-corrected chi connectivity index (χ1v) is 5.39. The number of carboxylic acid groups (broad SMARTS) is 1. The molecule has 9 nitrogen and oxygen atoms in total. The summed E-state index contributed by atoms with van der Waals surface area (Å²) < 4.78 is 4.59. The Balaban J connectivity index is 2.42. The molecule has 2 atom stereocenters. The number of ether oxygens (including phenoxy) is 1. The molecule has 0 saturated carbocycles. The average molecular weight is 261 g/mol. The molecule has 1 rings (SSSR count). The maximum absolute atomic E-state index is 11.4. The van der Waals surface area contributed by atoms with Gasteiger partial charge in [-0.3, -0.25) is 14.4 Å². The zero-order chi connectivity index (χ0) is 13.7. The Morgan fingerprint density at radius 3 is 2.78 bits per heavy atom.